The predicted octanol–water partition coefficient (Wildman–Crippen LogP) is 2.66. The average molecular weight is 356 g/mol. The first-order valence-corrected chi connectivity index (χ1v) is 8.39. The van der Waals surface area contributed by atoms with E-state index in [2.05, 4.69) is 4.98 Å². The fourth-order valence-electron chi connectivity index (χ4n) is 2.32. The highest BCUT2D eigenvalue weighted by molar-refractivity contribution is 6.62. The van der Waals surface area contributed by atoms with Crippen molar-refractivity contribution >= 4 is 24.4 Å². The molecule has 0 unspecified atom stereocenters. The SMILES string of the molecule is CC1(C)OB(c2ccc(C(=O)O)cc2)OC1(C)C.Cc1ccnc(N)c1. The molecule has 1 aromatic carbocycles. The second kappa shape index (κ2) is 7.47. The Hall–Kier alpha value is -2.38. The first-order chi connectivity index (χ1) is 12.0. The molecule has 2 heterocycles. The van der Waals surface area contributed by atoms with Gasteiger partial charge in [-0.25, -0.2) is 9.78 Å². The minimum absolute atomic E-state index is 0.260. The molecule has 0 radical (unpaired) electrons. The summed E-state index contributed by atoms with van der Waals surface area (Å²) >= 11 is 0. The summed E-state index contributed by atoms with van der Waals surface area (Å²) in [6.45, 7) is 9.92. The van der Waals surface area contributed by atoms with Crippen molar-refractivity contribution in [2.24, 2.45) is 0 Å². The Morgan fingerprint density at radius 2 is 1.62 bits per heavy atom. The lowest BCUT2D eigenvalue weighted by atomic mass is 9.79. The molecule has 0 saturated carbocycles. The van der Waals surface area contributed by atoms with E-state index in [1.54, 1.807) is 30.5 Å². The van der Waals surface area contributed by atoms with Gasteiger partial charge < -0.3 is 20.1 Å². The van der Waals surface area contributed by atoms with E-state index in [1.807, 2.05) is 46.8 Å². The lowest BCUT2D eigenvalue weighted by molar-refractivity contribution is 0.00578. The molecule has 1 aliphatic rings. The van der Waals surface area contributed by atoms with Crippen molar-refractivity contribution in [3.05, 3.63) is 53.7 Å². The molecule has 0 amide bonds. The van der Waals surface area contributed by atoms with E-state index in [9.17, 15) is 4.79 Å². The van der Waals surface area contributed by atoms with Crippen LogP contribution in [0.5, 0.6) is 0 Å². The molecule has 26 heavy (non-hydrogen) atoms. The van der Waals surface area contributed by atoms with Crippen LogP contribution in [-0.2, 0) is 9.31 Å². The normalized spacial score (nSPS) is 17.3. The highest BCUT2D eigenvalue weighted by Crippen LogP contribution is 2.36. The van der Waals surface area contributed by atoms with E-state index in [0.29, 0.717) is 5.82 Å². The van der Waals surface area contributed by atoms with Crippen LogP contribution >= 0.6 is 0 Å². The number of hydrogen-bond acceptors (Lipinski definition) is 5. The maximum absolute atomic E-state index is 10.8. The number of carbonyl (C=O) groups is 1. The van der Waals surface area contributed by atoms with Crippen LogP contribution in [0.1, 0.15) is 43.6 Å². The Balaban J connectivity index is 0.000000254. The third-order valence-corrected chi connectivity index (χ3v) is 4.62. The maximum Gasteiger partial charge on any atom is 0.494 e. The van der Waals surface area contributed by atoms with Gasteiger partial charge in [0, 0.05) is 6.20 Å². The van der Waals surface area contributed by atoms with E-state index < -0.39 is 13.1 Å². The summed E-state index contributed by atoms with van der Waals surface area (Å²) in [6.07, 6.45) is 1.70. The quantitative estimate of drug-likeness (QED) is 0.804. The molecule has 7 heteroatoms. The Bertz CT molecular complexity index is 742. The topological polar surface area (TPSA) is 94.7 Å². The van der Waals surface area contributed by atoms with Gasteiger partial charge in [-0.05, 0) is 69.9 Å². The number of anilines is 1. The summed E-state index contributed by atoms with van der Waals surface area (Å²) in [6, 6.07) is 10.3. The Kier molecular flexibility index (Phi) is 5.73. The van der Waals surface area contributed by atoms with E-state index in [4.69, 9.17) is 20.1 Å². The van der Waals surface area contributed by atoms with Crippen LogP contribution < -0.4 is 11.2 Å². The van der Waals surface area contributed by atoms with Crippen LogP contribution in [0.3, 0.4) is 0 Å². The fraction of sp³-hybridized carbons (Fsp3) is 0.368. The predicted molar refractivity (Wildman–Crippen MR) is 103 cm³/mol. The summed E-state index contributed by atoms with van der Waals surface area (Å²) in [5.41, 5.74) is 6.82. The van der Waals surface area contributed by atoms with Gasteiger partial charge in [0.15, 0.2) is 0 Å². The molecular weight excluding hydrogens is 331 g/mol. The Labute approximate surface area is 154 Å². The van der Waals surface area contributed by atoms with Crippen molar-refractivity contribution in [2.45, 2.75) is 45.8 Å². The average Bonchev–Trinajstić information content (AvgIpc) is 2.76. The van der Waals surface area contributed by atoms with Gasteiger partial charge in [-0.3, -0.25) is 0 Å². The van der Waals surface area contributed by atoms with Gasteiger partial charge in [0.2, 0.25) is 0 Å². The van der Waals surface area contributed by atoms with E-state index in [0.717, 1.165) is 11.0 Å². The van der Waals surface area contributed by atoms with Crippen LogP contribution in [0, 0.1) is 6.92 Å². The standard InChI is InChI=1S/C13H17BO4.C6H8N2/c1-12(2)13(3,4)18-14(17-12)10-7-5-9(6-8-10)11(15)16;1-5-2-3-8-6(7)4-5/h5-8H,1-4H3,(H,15,16);2-4H,1H3,(H2,7,8). The molecule has 0 aliphatic carbocycles. The van der Waals surface area contributed by atoms with Crippen molar-refractivity contribution < 1.29 is 19.2 Å². The summed E-state index contributed by atoms with van der Waals surface area (Å²) in [4.78, 5) is 14.6. The number of carboxylic acid groups (broad SMARTS) is 1. The van der Waals surface area contributed by atoms with Gasteiger partial charge in [-0.2, -0.15) is 0 Å². The van der Waals surface area contributed by atoms with Crippen molar-refractivity contribution in [3.8, 4) is 0 Å². The van der Waals surface area contributed by atoms with Gasteiger partial charge in [0.25, 0.3) is 0 Å². The molecule has 3 rings (SSSR count). The zero-order valence-corrected chi connectivity index (χ0v) is 15.8. The molecule has 6 nitrogen and oxygen atoms in total. The van der Waals surface area contributed by atoms with Crippen LogP contribution in [0.2, 0.25) is 0 Å². The van der Waals surface area contributed by atoms with Crippen molar-refractivity contribution in [1.82, 2.24) is 4.98 Å². The van der Waals surface area contributed by atoms with E-state index >= 15 is 0 Å². The van der Waals surface area contributed by atoms with Crippen LogP contribution in [0.25, 0.3) is 0 Å². The number of nitrogens with two attached hydrogens (primary N) is 1. The van der Waals surface area contributed by atoms with Crippen LogP contribution in [0.4, 0.5) is 5.82 Å². The lowest BCUT2D eigenvalue weighted by Crippen LogP contribution is -2.41. The zero-order chi connectivity index (χ0) is 19.5. The molecule has 1 aliphatic heterocycles. The molecule has 0 spiro atoms. The second-order valence-electron chi connectivity index (χ2n) is 7.27. The highest BCUT2D eigenvalue weighted by Gasteiger charge is 2.51. The number of nitrogens with zero attached hydrogens (tertiary/aromatic N) is 1. The van der Waals surface area contributed by atoms with Crippen LogP contribution in [0.15, 0.2) is 42.6 Å². The number of aryl methyl sites for hydroxylation is 1. The number of pyridine rings is 1. The second-order valence-corrected chi connectivity index (χ2v) is 7.27. The first-order valence-electron chi connectivity index (χ1n) is 8.39. The van der Waals surface area contributed by atoms with Crippen molar-refractivity contribution in [2.75, 3.05) is 5.73 Å². The molecule has 1 saturated heterocycles. The minimum atomic E-state index is -0.935. The van der Waals surface area contributed by atoms with E-state index in [1.165, 1.54) is 0 Å². The molecule has 1 fully saturated rings. The number of aromatic carboxylic acids is 1. The Morgan fingerprint density at radius 3 is 2.00 bits per heavy atom. The van der Waals surface area contributed by atoms with Gasteiger partial charge in [0.1, 0.15) is 5.82 Å². The van der Waals surface area contributed by atoms with Crippen molar-refractivity contribution in [1.29, 1.82) is 0 Å². The summed E-state index contributed by atoms with van der Waals surface area (Å²) in [5.74, 6) is -0.347. The summed E-state index contributed by atoms with van der Waals surface area (Å²) in [7, 11) is -0.446. The van der Waals surface area contributed by atoms with Gasteiger partial charge in [-0.1, -0.05) is 12.1 Å². The molecule has 138 valence electrons. The number of aromatic nitrogens is 1. The third-order valence-electron chi connectivity index (χ3n) is 4.62. The summed E-state index contributed by atoms with van der Waals surface area (Å²) < 4.78 is 11.8. The monoisotopic (exact) mass is 356 g/mol. The van der Waals surface area contributed by atoms with Gasteiger partial charge in [-0.15, -0.1) is 0 Å². The van der Waals surface area contributed by atoms with Gasteiger partial charge >= 0.3 is 13.1 Å². The number of carboxylic acids is 1. The highest BCUT2D eigenvalue weighted by atomic mass is 16.7. The number of benzene rings is 1. The number of hydrogen-bond donors (Lipinski definition) is 2. The molecular formula is C19H25BN2O4. The molecule has 0 bridgehead atoms. The smallest absolute Gasteiger partial charge is 0.478 e. The van der Waals surface area contributed by atoms with Crippen LogP contribution in [-0.4, -0.2) is 34.4 Å². The van der Waals surface area contributed by atoms with Crippen molar-refractivity contribution in [3.63, 3.8) is 0 Å². The zero-order valence-electron chi connectivity index (χ0n) is 15.8. The third kappa shape index (κ3) is 4.62. The fourth-order valence-corrected chi connectivity index (χ4v) is 2.32. The Morgan fingerprint density at radius 1 is 1.08 bits per heavy atom. The maximum atomic E-state index is 10.8. The summed E-state index contributed by atoms with van der Waals surface area (Å²) in [5, 5.41) is 8.84. The first kappa shape index (κ1) is 19.9. The van der Waals surface area contributed by atoms with E-state index in [-0.39, 0.29) is 16.8 Å². The molecule has 2 aromatic rings. The largest absolute Gasteiger partial charge is 0.494 e. The molecule has 1 aromatic heterocycles. The number of rotatable bonds is 2. The molecule has 0 atom stereocenters. The molecule has 3 N–H and O–H groups in total. The lowest BCUT2D eigenvalue weighted by Gasteiger charge is -2.32. The number of nitrogen functional groups attached to an aromatic ring is 1. The van der Waals surface area contributed by atoms with Gasteiger partial charge in [0.05, 0.1) is 16.8 Å². The minimum Gasteiger partial charge on any atom is -0.478 e.